The first kappa shape index (κ1) is 16.6. The molecule has 0 aromatic heterocycles. The first-order valence-electron chi connectivity index (χ1n) is 5.48. The van der Waals surface area contributed by atoms with Crippen LogP contribution in [0.2, 0.25) is 0 Å². The minimum absolute atomic E-state index is 0.145. The van der Waals surface area contributed by atoms with Gasteiger partial charge in [0.25, 0.3) is 0 Å². The Hall–Kier alpha value is -0.480. The van der Waals surface area contributed by atoms with Gasteiger partial charge in [-0.15, -0.1) is 0 Å². The van der Waals surface area contributed by atoms with Gasteiger partial charge in [0.2, 0.25) is 0 Å². The van der Waals surface area contributed by atoms with Gasteiger partial charge in [0.15, 0.2) is 0 Å². The molecule has 1 rings (SSSR count). The molecule has 1 aromatic carbocycles. The van der Waals surface area contributed by atoms with Gasteiger partial charge in [-0.3, -0.25) is 0 Å². The van der Waals surface area contributed by atoms with Crippen molar-refractivity contribution in [2.24, 2.45) is 0 Å². The highest BCUT2D eigenvalue weighted by atomic mass is 31.2. The van der Waals surface area contributed by atoms with Crippen molar-refractivity contribution in [1.29, 1.82) is 0 Å². The van der Waals surface area contributed by atoms with Gasteiger partial charge in [-0.1, -0.05) is 20.8 Å². The summed E-state index contributed by atoms with van der Waals surface area (Å²) in [7, 11) is -5.10. The predicted molar refractivity (Wildman–Crippen MR) is 73.8 cm³/mol. The highest BCUT2D eigenvalue weighted by Gasteiger charge is 2.22. The SMILES string of the molecule is Cc1cc(O)c(C(C)(C)C)cc1OP(O)OP(O)O. The summed E-state index contributed by atoms with van der Waals surface area (Å²) in [6.45, 7) is 7.49. The minimum atomic E-state index is -2.68. The Balaban J connectivity index is 3.02. The maximum absolute atomic E-state index is 9.91. The van der Waals surface area contributed by atoms with Gasteiger partial charge >= 0.3 is 17.2 Å². The maximum Gasteiger partial charge on any atom is 0.401 e. The topological polar surface area (TPSA) is 99.4 Å². The zero-order valence-electron chi connectivity index (χ0n) is 11.2. The third kappa shape index (κ3) is 4.84. The van der Waals surface area contributed by atoms with Crippen LogP contribution >= 0.6 is 17.2 Å². The van der Waals surface area contributed by atoms with Crippen molar-refractivity contribution in [3.8, 4) is 11.5 Å². The molecule has 0 amide bonds. The summed E-state index contributed by atoms with van der Waals surface area (Å²) < 4.78 is 9.51. The smallest absolute Gasteiger partial charge is 0.401 e. The van der Waals surface area contributed by atoms with Crippen molar-refractivity contribution in [1.82, 2.24) is 0 Å². The normalized spacial score (nSPS) is 13.7. The van der Waals surface area contributed by atoms with Gasteiger partial charge in [0.05, 0.1) is 0 Å². The standard InChI is InChI=1S/C11H18O6P2/c1-7-5-9(12)8(11(2,3)4)6-10(7)16-19(15)17-18(13)14/h5-6,12-15H,1-4H3. The van der Waals surface area contributed by atoms with Crippen molar-refractivity contribution in [3.05, 3.63) is 23.3 Å². The van der Waals surface area contributed by atoms with Crippen molar-refractivity contribution < 1.29 is 28.6 Å². The summed E-state index contributed by atoms with van der Waals surface area (Å²) in [5.74, 6) is 0.472. The average molecular weight is 308 g/mol. The zero-order valence-corrected chi connectivity index (χ0v) is 12.9. The molecule has 0 saturated heterocycles. The number of aryl methyl sites for hydroxylation is 1. The summed E-state index contributed by atoms with van der Waals surface area (Å²) in [6.07, 6.45) is 0. The molecular weight excluding hydrogens is 290 g/mol. The van der Waals surface area contributed by atoms with Crippen molar-refractivity contribution in [2.75, 3.05) is 0 Å². The molecule has 8 heteroatoms. The van der Waals surface area contributed by atoms with Crippen molar-refractivity contribution in [3.63, 3.8) is 0 Å². The molecular formula is C11H18O6P2. The van der Waals surface area contributed by atoms with E-state index in [0.717, 1.165) is 0 Å². The highest BCUT2D eigenvalue weighted by molar-refractivity contribution is 7.54. The van der Waals surface area contributed by atoms with Gasteiger partial charge in [0.1, 0.15) is 11.5 Å². The van der Waals surface area contributed by atoms with E-state index in [-0.39, 0.29) is 11.2 Å². The Morgan fingerprint density at radius 3 is 2.16 bits per heavy atom. The van der Waals surface area contributed by atoms with E-state index >= 15 is 0 Å². The summed E-state index contributed by atoms with van der Waals surface area (Å²) >= 11 is 0. The van der Waals surface area contributed by atoms with E-state index in [4.69, 9.17) is 14.3 Å². The number of aromatic hydroxyl groups is 1. The Labute approximate surface area is 114 Å². The van der Waals surface area contributed by atoms with E-state index in [9.17, 15) is 10.00 Å². The second kappa shape index (κ2) is 6.31. The zero-order chi connectivity index (χ0) is 14.8. The minimum Gasteiger partial charge on any atom is -0.508 e. The van der Waals surface area contributed by atoms with Crippen LogP contribution in [0.3, 0.4) is 0 Å². The monoisotopic (exact) mass is 308 g/mol. The first-order chi connectivity index (χ1) is 8.61. The number of phenols is 1. The van der Waals surface area contributed by atoms with Gasteiger partial charge < -0.3 is 24.3 Å². The van der Waals surface area contributed by atoms with Crippen molar-refractivity contribution >= 4 is 17.2 Å². The molecule has 0 radical (unpaired) electrons. The summed E-state index contributed by atoms with van der Waals surface area (Å²) in [5, 5.41) is 9.91. The van der Waals surface area contributed by atoms with E-state index in [2.05, 4.69) is 4.31 Å². The van der Waals surface area contributed by atoms with Crippen LogP contribution in [0.5, 0.6) is 11.5 Å². The fourth-order valence-corrected chi connectivity index (χ4v) is 2.53. The van der Waals surface area contributed by atoms with E-state index in [1.807, 2.05) is 20.8 Å². The third-order valence-electron chi connectivity index (χ3n) is 2.42. The molecule has 0 bridgehead atoms. The summed E-state index contributed by atoms with van der Waals surface area (Å²) in [4.78, 5) is 26.7. The number of benzene rings is 1. The Bertz CT molecular complexity index is 444. The second-order valence-electron chi connectivity index (χ2n) is 5.05. The molecule has 19 heavy (non-hydrogen) atoms. The summed E-state index contributed by atoms with van der Waals surface area (Å²) in [5.41, 5.74) is 0.970. The lowest BCUT2D eigenvalue weighted by Gasteiger charge is -2.22. The average Bonchev–Trinajstić information content (AvgIpc) is 2.18. The number of hydrogen-bond donors (Lipinski definition) is 4. The van der Waals surface area contributed by atoms with Crippen LogP contribution in [-0.2, 0) is 9.73 Å². The number of hydrogen-bond acceptors (Lipinski definition) is 6. The largest absolute Gasteiger partial charge is 0.508 e. The quantitative estimate of drug-likeness (QED) is 0.638. The van der Waals surface area contributed by atoms with E-state index < -0.39 is 17.2 Å². The molecule has 0 fully saturated rings. The van der Waals surface area contributed by atoms with Crippen LogP contribution in [0.4, 0.5) is 0 Å². The van der Waals surface area contributed by atoms with Gasteiger partial charge in [-0.25, -0.2) is 4.31 Å². The van der Waals surface area contributed by atoms with Crippen LogP contribution < -0.4 is 4.52 Å². The van der Waals surface area contributed by atoms with E-state index in [1.54, 1.807) is 13.0 Å². The third-order valence-corrected chi connectivity index (χ3v) is 3.92. The highest BCUT2D eigenvalue weighted by Crippen LogP contribution is 2.48. The second-order valence-corrected chi connectivity index (χ2v) is 6.87. The van der Waals surface area contributed by atoms with Crippen LogP contribution in [0.1, 0.15) is 31.9 Å². The lowest BCUT2D eigenvalue weighted by molar-refractivity contribution is 0.327. The fraction of sp³-hybridized carbons (Fsp3) is 0.455. The molecule has 4 N–H and O–H groups in total. The Kier molecular flexibility index (Phi) is 5.51. The maximum atomic E-state index is 9.91. The summed E-state index contributed by atoms with van der Waals surface area (Å²) in [6, 6.07) is 3.14. The number of phenolic OH excluding ortho intramolecular Hbond substituents is 1. The molecule has 1 atom stereocenters. The number of rotatable bonds is 4. The van der Waals surface area contributed by atoms with Crippen LogP contribution in [0.25, 0.3) is 0 Å². The van der Waals surface area contributed by atoms with Gasteiger partial charge in [-0.05, 0) is 30.0 Å². The van der Waals surface area contributed by atoms with E-state index in [1.165, 1.54) is 6.07 Å². The van der Waals surface area contributed by atoms with Gasteiger partial charge in [-0.2, -0.15) is 0 Å². The lowest BCUT2D eigenvalue weighted by Crippen LogP contribution is -2.11. The first-order valence-corrected chi connectivity index (χ1v) is 7.78. The molecule has 0 aliphatic heterocycles. The molecule has 108 valence electrons. The van der Waals surface area contributed by atoms with Crippen molar-refractivity contribution in [2.45, 2.75) is 33.1 Å². The van der Waals surface area contributed by atoms with Crippen LogP contribution in [0, 0.1) is 6.92 Å². The van der Waals surface area contributed by atoms with E-state index in [0.29, 0.717) is 16.9 Å². The molecule has 0 aliphatic carbocycles. The fourth-order valence-electron chi connectivity index (χ4n) is 1.54. The lowest BCUT2D eigenvalue weighted by atomic mass is 9.85. The van der Waals surface area contributed by atoms with Crippen LogP contribution in [-0.4, -0.2) is 19.8 Å². The Morgan fingerprint density at radius 1 is 1.11 bits per heavy atom. The molecule has 1 unspecified atom stereocenters. The molecule has 0 saturated carbocycles. The molecule has 0 spiro atoms. The molecule has 0 aliphatic rings. The van der Waals surface area contributed by atoms with Crippen LogP contribution in [0.15, 0.2) is 12.1 Å². The molecule has 6 nitrogen and oxygen atoms in total. The molecule has 0 heterocycles. The predicted octanol–water partition coefficient (Wildman–Crippen LogP) is 2.82. The Morgan fingerprint density at radius 2 is 1.68 bits per heavy atom. The molecule has 1 aromatic rings. The van der Waals surface area contributed by atoms with Gasteiger partial charge in [0, 0.05) is 5.56 Å².